The van der Waals surface area contributed by atoms with Gasteiger partial charge in [0.2, 0.25) is 5.91 Å². The number of nitrogens with one attached hydrogen (secondary N) is 2. The molecular formula is C23H30N4O2. The number of amides is 2. The van der Waals surface area contributed by atoms with Crippen LogP contribution in [-0.4, -0.2) is 53.9 Å². The van der Waals surface area contributed by atoms with Gasteiger partial charge in [-0.2, -0.15) is 0 Å². The van der Waals surface area contributed by atoms with Crippen molar-refractivity contribution in [1.82, 2.24) is 20.5 Å². The van der Waals surface area contributed by atoms with E-state index in [1.165, 1.54) is 32.1 Å². The van der Waals surface area contributed by atoms with Crippen molar-refractivity contribution in [3.63, 3.8) is 0 Å². The van der Waals surface area contributed by atoms with Gasteiger partial charge in [-0.05, 0) is 37.3 Å². The van der Waals surface area contributed by atoms with E-state index in [9.17, 15) is 9.59 Å². The highest BCUT2D eigenvalue weighted by molar-refractivity contribution is 5.97. The van der Waals surface area contributed by atoms with Gasteiger partial charge in [0.05, 0.1) is 17.6 Å². The number of benzene rings is 1. The number of fused-ring (bicyclic) bond motifs is 1. The van der Waals surface area contributed by atoms with Crippen LogP contribution in [0.2, 0.25) is 0 Å². The first-order valence-corrected chi connectivity index (χ1v) is 10.8. The molecule has 2 fully saturated rings. The summed E-state index contributed by atoms with van der Waals surface area (Å²) in [4.78, 5) is 31.4. The zero-order valence-electron chi connectivity index (χ0n) is 16.9. The summed E-state index contributed by atoms with van der Waals surface area (Å²) >= 11 is 0. The molecule has 0 radical (unpaired) electrons. The SMILES string of the molecule is O=C(NCC1CCN(CC2CCCCC2)C(=O)CN1)c1cnc2ccccc2c1. The van der Waals surface area contributed by atoms with E-state index in [0.717, 1.165) is 30.4 Å². The fraction of sp³-hybridized carbons (Fsp3) is 0.522. The lowest BCUT2D eigenvalue weighted by atomic mass is 9.89. The Bertz CT molecular complexity index is 863. The first-order valence-electron chi connectivity index (χ1n) is 10.8. The molecule has 1 unspecified atom stereocenters. The average Bonchev–Trinajstić information content (AvgIpc) is 2.94. The molecule has 2 heterocycles. The maximum atomic E-state index is 12.6. The first kappa shape index (κ1) is 19.8. The van der Waals surface area contributed by atoms with E-state index in [-0.39, 0.29) is 17.9 Å². The molecule has 6 nitrogen and oxygen atoms in total. The Morgan fingerprint density at radius 2 is 2.00 bits per heavy atom. The average molecular weight is 395 g/mol. The van der Waals surface area contributed by atoms with Crippen LogP contribution in [0.3, 0.4) is 0 Å². The number of nitrogens with zero attached hydrogens (tertiary/aromatic N) is 2. The number of carbonyl (C=O) groups is 2. The van der Waals surface area contributed by atoms with Gasteiger partial charge in [-0.25, -0.2) is 0 Å². The summed E-state index contributed by atoms with van der Waals surface area (Å²) < 4.78 is 0. The van der Waals surface area contributed by atoms with Crippen molar-refractivity contribution in [2.75, 3.05) is 26.2 Å². The van der Waals surface area contributed by atoms with Crippen LogP contribution in [-0.2, 0) is 4.79 Å². The largest absolute Gasteiger partial charge is 0.350 e. The number of hydrogen-bond acceptors (Lipinski definition) is 4. The predicted octanol–water partition coefficient (Wildman–Crippen LogP) is 2.74. The van der Waals surface area contributed by atoms with Gasteiger partial charge in [0.25, 0.3) is 5.91 Å². The molecule has 1 aliphatic heterocycles. The standard InChI is InChI=1S/C23H30N4O2/c28-22-15-24-20(10-11-27(22)16-17-6-2-1-3-7-17)14-26-23(29)19-12-18-8-4-5-9-21(18)25-13-19/h4-5,8-9,12-13,17,20,24H,1-3,6-7,10-11,14-16H2,(H,26,29). The summed E-state index contributed by atoms with van der Waals surface area (Å²) in [5.41, 5.74) is 1.44. The maximum absolute atomic E-state index is 12.6. The van der Waals surface area contributed by atoms with Crippen LogP contribution in [0.4, 0.5) is 0 Å². The molecule has 29 heavy (non-hydrogen) atoms. The van der Waals surface area contributed by atoms with Crippen molar-refractivity contribution in [3.05, 3.63) is 42.1 Å². The highest BCUT2D eigenvalue weighted by Crippen LogP contribution is 2.24. The second-order valence-corrected chi connectivity index (χ2v) is 8.34. The summed E-state index contributed by atoms with van der Waals surface area (Å²) in [5.74, 6) is 0.715. The van der Waals surface area contributed by atoms with Crippen LogP contribution in [0.1, 0.15) is 48.9 Å². The van der Waals surface area contributed by atoms with Gasteiger partial charge in [-0.3, -0.25) is 14.6 Å². The molecule has 1 aliphatic carbocycles. The third-order valence-corrected chi connectivity index (χ3v) is 6.21. The molecule has 4 rings (SSSR count). The van der Waals surface area contributed by atoms with Crippen LogP contribution in [0.15, 0.2) is 36.5 Å². The second kappa shape index (κ2) is 9.35. The summed E-state index contributed by atoms with van der Waals surface area (Å²) in [6.07, 6.45) is 8.89. The fourth-order valence-electron chi connectivity index (χ4n) is 4.44. The van der Waals surface area contributed by atoms with E-state index in [1.54, 1.807) is 6.20 Å². The summed E-state index contributed by atoms with van der Waals surface area (Å²) in [6, 6.07) is 9.74. The molecule has 1 saturated heterocycles. The Morgan fingerprint density at radius 3 is 2.86 bits per heavy atom. The lowest BCUT2D eigenvalue weighted by Gasteiger charge is -2.28. The molecule has 2 aliphatic rings. The van der Waals surface area contributed by atoms with Gasteiger partial charge in [-0.1, -0.05) is 37.5 Å². The molecule has 1 aromatic heterocycles. The van der Waals surface area contributed by atoms with Crippen LogP contribution >= 0.6 is 0 Å². The highest BCUT2D eigenvalue weighted by atomic mass is 16.2. The van der Waals surface area contributed by atoms with Crippen LogP contribution < -0.4 is 10.6 Å². The van der Waals surface area contributed by atoms with Crippen molar-refractivity contribution >= 4 is 22.7 Å². The highest BCUT2D eigenvalue weighted by Gasteiger charge is 2.25. The molecular weight excluding hydrogens is 364 g/mol. The molecule has 1 saturated carbocycles. The van der Waals surface area contributed by atoms with Gasteiger partial charge in [-0.15, -0.1) is 0 Å². The van der Waals surface area contributed by atoms with Crippen LogP contribution in [0.5, 0.6) is 0 Å². The molecule has 0 spiro atoms. The van der Waals surface area contributed by atoms with E-state index < -0.39 is 0 Å². The lowest BCUT2D eigenvalue weighted by Crippen LogP contribution is -2.42. The quantitative estimate of drug-likeness (QED) is 0.818. The van der Waals surface area contributed by atoms with E-state index >= 15 is 0 Å². The number of hydrogen-bond donors (Lipinski definition) is 2. The Hall–Kier alpha value is -2.47. The zero-order valence-corrected chi connectivity index (χ0v) is 16.9. The predicted molar refractivity (Wildman–Crippen MR) is 114 cm³/mol. The van der Waals surface area contributed by atoms with E-state index in [4.69, 9.17) is 0 Å². The number of para-hydroxylation sites is 1. The van der Waals surface area contributed by atoms with Crippen molar-refractivity contribution in [2.45, 2.75) is 44.6 Å². The molecule has 0 bridgehead atoms. The minimum atomic E-state index is -0.125. The molecule has 1 aromatic carbocycles. The number of rotatable bonds is 5. The molecule has 2 amide bonds. The number of carbonyl (C=O) groups excluding carboxylic acids is 2. The van der Waals surface area contributed by atoms with Crippen LogP contribution in [0.25, 0.3) is 10.9 Å². The Balaban J connectivity index is 1.29. The summed E-state index contributed by atoms with van der Waals surface area (Å²) in [5, 5.41) is 7.27. The molecule has 2 N–H and O–H groups in total. The van der Waals surface area contributed by atoms with Gasteiger partial charge in [0.1, 0.15) is 0 Å². The molecule has 6 heteroatoms. The Morgan fingerprint density at radius 1 is 1.17 bits per heavy atom. The lowest BCUT2D eigenvalue weighted by molar-refractivity contribution is -0.130. The van der Waals surface area contributed by atoms with Crippen molar-refractivity contribution < 1.29 is 9.59 Å². The monoisotopic (exact) mass is 394 g/mol. The fourth-order valence-corrected chi connectivity index (χ4v) is 4.44. The minimum Gasteiger partial charge on any atom is -0.350 e. The Kier molecular flexibility index (Phi) is 6.39. The van der Waals surface area contributed by atoms with Crippen molar-refractivity contribution in [2.24, 2.45) is 5.92 Å². The van der Waals surface area contributed by atoms with Gasteiger partial charge in [0.15, 0.2) is 0 Å². The van der Waals surface area contributed by atoms with Gasteiger partial charge in [0, 0.05) is 37.3 Å². The Labute approximate surface area is 172 Å². The topological polar surface area (TPSA) is 74.3 Å². The smallest absolute Gasteiger partial charge is 0.252 e. The van der Waals surface area contributed by atoms with Crippen molar-refractivity contribution in [3.8, 4) is 0 Å². The third-order valence-electron chi connectivity index (χ3n) is 6.21. The number of pyridine rings is 1. The second-order valence-electron chi connectivity index (χ2n) is 8.34. The number of aromatic nitrogens is 1. The van der Waals surface area contributed by atoms with E-state index in [1.807, 2.05) is 35.2 Å². The molecule has 1 atom stereocenters. The van der Waals surface area contributed by atoms with E-state index in [0.29, 0.717) is 24.6 Å². The summed E-state index contributed by atoms with van der Waals surface area (Å²) in [6.45, 7) is 2.52. The van der Waals surface area contributed by atoms with Gasteiger partial charge < -0.3 is 15.5 Å². The summed E-state index contributed by atoms with van der Waals surface area (Å²) in [7, 11) is 0. The maximum Gasteiger partial charge on any atom is 0.252 e. The molecule has 154 valence electrons. The van der Waals surface area contributed by atoms with Crippen LogP contribution in [0, 0.1) is 5.92 Å². The third kappa shape index (κ3) is 5.12. The van der Waals surface area contributed by atoms with E-state index in [2.05, 4.69) is 15.6 Å². The normalized spacial score (nSPS) is 21.2. The molecule has 2 aromatic rings. The first-order chi connectivity index (χ1) is 14.2. The van der Waals surface area contributed by atoms with Gasteiger partial charge >= 0.3 is 0 Å². The zero-order chi connectivity index (χ0) is 20.1. The van der Waals surface area contributed by atoms with Crippen molar-refractivity contribution in [1.29, 1.82) is 0 Å². The minimum absolute atomic E-state index is 0.104.